The van der Waals surface area contributed by atoms with Crippen molar-refractivity contribution in [3.05, 3.63) is 64.8 Å². The van der Waals surface area contributed by atoms with Gasteiger partial charge in [0.15, 0.2) is 16.7 Å². The number of rotatable bonds is 4. The number of alkyl halides is 3. The fourth-order valence-electron chi connectivity index (χ4n) is 2.27. The lowest BCUT2D eigenvalue weighted by Gasteiger charge is -2.07. The Bertz CT molecular complexity index is 968. The number of carbonyl (C=O) groups excluding carboxylic acids is 1. The van der Waals surface area contributed by atoms with Crippen LogP contribution in [0, 0.1) is 5.82 Å². The average Bonchev–Trinajstić information content (AvgIpc) is 3.09. The number of methoxy groups -OCH3 is 1. The Labute approximate surface area is 155 Å². The number of amides is 1. The maximum absolute atomic E-state index is 13.8. The van der Waals surface area contributed by atoms with Crippen molar-refractivity contribution in [1.29, 1.82) is 0 Å². The van der Waals surface area contributed by atoms with E-state index >= 15 is 0 Å². The van der Waals surface area contributed by atoms with Crippen molar-refractivity contribution < 1.29 is 27.1 Å². The molecule has 9 heteroatoms. The molecule has 3 aromatic rings. The van der Waals surface area contributed by atoms with Crippen LogP contribution < -0.4 is 10.1 Å². The van der Waals surface area contributed by atoms with E-state index in [2.05, 4.69) is 10.3 Å². The van der Waals surface area contributed by atoms with Crippen molar-refractivity contribution in [1.82, 2.24) is 4.98 Å². The van der Waals surface area contributed by atoms with Gasteiger partial charge in [-0.15, -0.1) is 11.3 Å². The number of benzene rings is 2. The van der Waals surface area contributed by atoms with Crippen LogP contribution in [0.1, 0.15) is 15.9 Å². The first-order valence-corrected chi connectivity index (χ1v) is 8.44. The number of ether oxygens (including phenoxy) is 1. The molecule has 0 unspecified atom stereocenters. The normalized spacial score (nSPS) is 11.3. The maximum atomic E-state index is 13.8. The summed E-state index contributed by atoms with van der Waals surface area (Å²) in [6, 6.07) is 8.19. The second-order valence-electron chi connectivity index (χ2n) is 5.42. The standard InChI is InChI=1S/C18H12F4N2O2S/c1-26-15-7-4-11(8-13(15)19)14-9-27-17(23-14)24-16(25)10-2-5-12(6-3-10)18(20,21)22/h2-9H,1H3,(H,23,24,25). The number of nitrogens with zero attached hydrogens (tertiary/aromatic N) is 1. The molecule has 0 saturated carbocycles. The quantitative estimate of drug-likeness (QED) is 0.615. The summed E-state index contributed by atoms with van der Waals surface area (Å²) < 4.78 is 56.3. The number of aromatic nitrogens is 1. The summed E-state index contributed by atoms with van der Waals surface area (Å²) in [5.74, 6) is -1.03. The second kappa shape index (κ2) is 7.36. The molecule has 0 saturated heterocycles. The molecule has 0 atom stereocenters. The van der Waals surface area contributed by atoms with Gasteiger partial charge in [-0.05, 0) is 42.5 Å². The van der Waals surface area contributed by atoms with Gasteiger partial charge in [-0.25, -0.2) is 9.37 Å². The zero-order valence-corrected chi connectivity index (χ0v) is 14.6. The van der Waals surface area contributed by atoms with Crippen LogP contribution in [0.3, 0.4) is 0 Å². The van der Waals surface area contributed by atoms with E-state index < -0.39 is 23.5 Å². The number of anilines is 1. The molecule has 1 N–H and O–H groups in total. The van der Waals surface area contributed by atoms with Gasteiger partial charge in [0.1, 0.15) is 0 Å². The van der Waals surface area contributed by atoms with Gasteiger partial charge in [-0.3, -0.25) is 10.1 Å². The van der Waals surface area contributed by atoms with Gasteiger partial charge >= 0.3 is 6.18 Å². The lowest BCUT2D eigenvalue weighted by atomic mass is 10.1. The number of thiazole rings is 1. The molecule has 0 spiro atoms. The minimum atomic E-state index is -4.47. The molecule has 0 aliphatic heterocycles. The average molecular weight is 396 g/mol. The van der Waals surface area contributed by atoms with E-state index in [1.807, 2.05) is 0 Å². The van der Waals surface area contributed by atoms with Crippen molar-refractivity contribution in [3.63, 3.8) is 0 Å². The van der Waals surface area contributed by atoms with Gasteiger partial charge in [0.2, 0.25) is 0 Å². The van der Waals surface area contributed by atoms with Crippen LogP contribution in [-0.4, -0.2) is 18.0 Å². The molecule has 4 nitrogen and oxygen atoms in total. The van der Waals surface area contributed by atoms with E-state index in [1.54, 1.807) is 11.4 Å². The molecular formula is C18H12F4N2O2S. The summed E-state index contributed by atoms with van der Waals surface area (Å²) >= 11 is 1.11. The SMILES string of the molecule is COc1ccc(-c2csc(NC(=O)c3ccc(C(F)(F)F)cc3)n2)cc1F. The van der Waals surface area contributed by atoms with Crippen molar-refractivity contribution >= 4 is 22.4 Å². The molecule has 2 aromatic carbocycles. The monoisotopic (exact) mass is 396 g/mol. The molecule has 3 rings (SSSR count). The van der Waals surface area contributed by atoms with Gasteiger partial charge in [0, 0.05) is 16.5 Å². The van der Waals surface area contributed by atoms with Crippen molar-refractivity contribution in [2.24, 2.45) is 0 Å². The van der Waals surface area contributed by atoms with Crippen LogP contribution >= 0.6 is 11.3 Å². The van der Waals surface area contributed by atoms with Gasteiger partial charge in [0.05, 0.1) is 18.4 Å². The van der Waals surface area contributed by atoms with Crippen molar-refractivity contribution in [2.75, 3.05) is 12.4 Å². The molecule has 140 valence electrons. The van der Waals surface area contributed by atoms with Gasteiger partial charge < -0.3 is 4.74 Å². The van der Waals surface area contributed by atoms with E-state index in [9.17, 15) is 22.4 Å². The predicted molar refractivity (Wildman–Crippen MR) is 93.5 cm³/mol. The highest BCUT2D eigenvalue weighted by Gasteiger charge is 2.30. The summed E-state index contributed by atoms with van der Waals surface area (Å²) in [4.78, 5) is 16.4. The van der Waals surface area contributed by atoms with Crippen LogP contribution in [-0.2, 0) is 6.18 Å². The lowest BCUT2D eigenvalue weighted by molar-refractivity contribution is -0.137. The highest BCUT2D eigenvalue weighted by atomic mass is 32.1. The van der Waals surface area contributed by atoms with Crippen molar-refractivity contribution in [2.45, 2.75) is 6.18 Å². The van der Waals surface area contributed by atoms with Crippen LogP contribution in [0.15, 0.2) is 47.8 Å². The smallest absolute Gasteiger partial charge is 0.416 e. The molecule has 0 aliphatic carbocycles. The maximum Gasteiger partial charge on any atom is 0.416 e. The lowest BCUT2D eigenvalue weighted by Crippen LogP contribution is -2.12. The third-order valence-electron chi connectivity index (χ3n) is 3.65. The molecular weight excluding hydrogens is 384 g/mol. The van der Waals surface area contributed by atoms with Crippen LogP contribution in [0.25, 0.3) is 11.3 Å². The summed E-state index contributed by atoms with van der Waals surface area (Å²) in [6.45, 7) is 0. The summed E-state index contributed by atoms with van der Waals surface area (Å²) in [5.41, 5.74) is 0.177. The number of halogens is 4. The number of hydrogen-bond donors (Lipinski definition) is 1. The first-order chi connectivity index (χ1) is 12.8. The Morgan fingerprint density at radius 3 is 2.44 bits per heavy atom. The van der Waals surface area contributed by atoms with E-state index in [-0.39, 0.29) is 16.4 Å². The first-order valence-electron chi connectivity index (χ1n) is 7.56. The molecule has 0 aliphatic rings. The van der Waals surface area contributed by atoms with E-state index in [0.717, 1.165) is 35.6 Å². The minimum absolute atomic E-state index is 0.0650. The van der Waals surface area contributed by atoms with Crippen molar-refractivity contribution in [3.8, 4) is 17.0 Å². The molecule has 27 heavy (non-hydrogen) atoms. The van der Waals surface area contributed by atoms with Gasteiger partial charge in [0.25, 0.3) is 5.91 Å². The Morgan fingerprint density at radius 1 is 1.15 bits per heavy atom. The molecule has 1 heterocycles. The number of hydrogen-bond acceptors (Lipinski definition) is 4. The molecule has 0 radical (unpaired) electrons. The highest BCUT2D eigenvalue weighted by molar-refractivity contribution is 7.14. The second-order valence-corrected chi connectivity index (χ2v) is 6.27. The van der Waals surface area contributed by atoms with Crippen LogP contribution in [0.2, 0.25) is 0 Å². The zero-order valence-electron chi connectivity index (χ0n) is 13.8. The fraction of sp³-hybridized carbons (Fsp3) is 0.111. The van der Waals surface area contributed by atoms with Crippen LogP contribution in [0.5, 0.6) is 5.75 Å². The third kappa shape index (κ3) is 4.25. The minimum Gasteiger partial charge on any atom is -0.494 e. The Hall–Kier alpha value is -2.94. The summed E-state index contributed by atoms with van der Waals surface area (Å²) in [6.07, 6.45) is -4.47. The predicted octanol–water partition coefficient (Wildman–Crippen LogP) is 5.23. The molecule has 1 amide bonds. The summed E-state index contributed by atoms with van der Waals surface area (Å²) in [7, 11) is 1.36. The van der Waals surface area contributed by atoms with E-state index in [0.29, 0.717) is 11.3 Å². The van der Waals surface area contributed by atoms with E-state index in [4.69, 9.17) is 4.74 Å². The number of nitrogens with one attached hydrogen (secondary N) is 1. The number of carbonyl (C=O) groups is 1. The van der Waals surface area contributed by atoms with Gasteiger partial charge in [-0.1, -0.05) is 0 Å². The van der Waals surface area contributed by atoms with E-state index in [1.165, 1.54) is 19.2 Å². The topological polar surface area (TPSA) is 51.2 Å². The first kappa shape index (κ1) is 18.8. The Kier molecular flexibility index (Phi) is 5.13. The zero-order chi connectivity index (χ0) is 19.6. The third-order valence-corrected chi connectivity index (χ3v) is 4.40. The van der Waals surface area contributed by atoms with Gasteiger partial charge in [-0.2, -0.15) is 13.2 Å². The Morgan fingerprint density at radius 2 is 1.85 bits per heavy atom. The van der Waals surface area contributed by atoms with Crippen LogP contribution in [0.4, 0.5) is 22.7 Å². The molecule has 1 aromatic heterocycles. The summed E-state index contributed by atoms with van der Waals surface area (Å²) in [5, 5.41) is 4.38. The largest absolute Gasteiger partial charge is 0.494 e. The highest BCUT2D eigenvalue weighted by Crippen LogP contribution is 2.30. The fourth-order valence-corrected chi connectivity index (χ4v) is 2.98. The molecule has 0 bridgehead atoms. The molecule has 0 fully saturated rings. The Balaban J connectivity index is 1.73.